The first-order valence-electron chi connectivity index (χ1n) is 8.39. The molecule has 0 radical (unpaired) electrons. The van der Waals surface area contributed by atoms with E-state index in [4.69, 9.17) is 14.2 Å². The van der Waals surface area contributed by atoms with Crippen molar-refractivity contribution >= 4 is 17.9 Å². The molecule has 0 bridgehead atoms. The Morgan fingerprint density at radius 2 is 2.04 bits per heavy atom. The number of aliphatic hydroxyl groups excluding tert-OH is 1. The molecule has 0 aromatic heterocycles. The van der Waals surface area contributed by atoms with Gasteiger partial charge in [0.15, 0.2) is 0 Å². The molecule has 0 aromatic rings. The van der Waals surface area contributed by atoms with Gasteiger partial charge in [-0.2, -0.15) is 0 Å². The van der Waals surface area contributed by atoms with Crippen LogP contribution in [0.4, 0.5) is 0 Å². The van der Waals surface area contributed by atoms with Gasteiger partial charge in [-0.1, -0.05) is 6.58 Å². The molecule has 1 N–H and O–H groups in total. The van der Waals surface area contributed by atoms with Crippen molar-refractivity contribution in [2.45, 2.75) is 51.4 Å². The lowest BCUT2D eigenvalue weighted by Crippen LogP contribution is -2.49. The third kappa shape index (κ3) is 3.20. The van der Waals surface area contributed by atoms with Crippen molar-refractivity contribution in [1.82, 2.24) is 0 Å². The van der Waals surface area contributed by atoms with Crippen LogP contribution in [0, 0.1) is 11.8 Å². The predicted octanol–water partition coefficient (Wildman–Crippen LogP) is 1.05. The molecular formula is C18H22O7. The molecule has 2 fully saturated rings. The molecule has 1 aliphatic heterocycles. The smallest absolute Gasteiger partial charge is 0.338 e. The van der Waals surface area contributed by atoms with Crippen LogP contribution in [0.25, 0.3) is 0 Å². The molecule has 5 atom stereocenters. The summed E-state index contributed by atoms with van der Waals surface area (Å²) in [6, 6.07) is 0. The zero-order valence-electron chi connectivity index (χ0n) is 14.3. The van der Waals surface area contributed by atoms with Gasteiger partial charge in [-0.25, -0.2) is 4.79 Å². The summed E-state index contributed by atoms with van der Waals surface area (Å²) < 4.78 is 15.8. The van der Waals surface area contributed by atoms with Gasteiger partial charge in [0, 0.05) is 26.2 Å². The number of fused-ring (bicyclic) bond motifs is 3. The predicted molar refractivity (Wildman–Crippen MR) is 85.1 cm³/mol. The largest absolute Gasteiger partial charge is 0.461 e. The molecule has 3 aliphatic rings. The average Bonchev–Trinajstić information content (AvgIpc) is 2.84. The maximum absolute atomic E-state index is 12.2. The van der Waals surface area contributed by atoms with Crippen LogP contribution in [-0.4, -0.2) is 47.9 Å². The first-order valence-corrected chi connectivity index (χ1v) is 8.39. The molecule has 5 unspecified atom stereocenters. The Kier molecular flexibility index (Phi) is 4.69. The lowest BCUT2D eigenvalue weighted by molar-refractivity contribution is -0.154. The van der Waals surface area contributed by atoms with Gasteiger partial charge in [-0.05, 0) is 29.9 Å². The highest BCUT2D eigenvalue weighted by Crippen LogP contribution is 2.49. The first-order chi connectivity index (χ1) is 11.8. The van der Waals surface area contributed by atoms with Crippen molar-refractivity contribution < 1.29 is 33.7 Å². The Hall–Kier alpha value is -2.15. The van der Waals surface area contributed by atoms with Gasteiger partial charge in [0.1, 0.15) is 18.8 Å². The number of rotatable bonds is 3. The lowest BCUT2D eigenvalue weighted by atomic mass is 9.63. The van der Waals surface area contributed by atoms with Crippen LogP contribution < -0.4 is 0 Å². The highest BCUT2D eigenvalue weighted by atomic mass is 16.6. The number of ether oxygens (including phenoxy) is 3. The van der Waals surface area contributed by atoms with Gasteiger partial charge in [-0.3, -0.25) is 9.59 Å². The second-order valence-corrected chi connectivity index (χ2v) is 6.81. The van der Waals surface area contributed by atoms with Gasteiger partial charge in [0.25, 0.3) is 0 Å². The summed E-state index contributed by atoms with van der Waals surface area (Å²) in [5, 5.41) is 10.5. The van der Waals surface area contributed by atoms with Crippen molar-refractivity contribution in [3.63, 3.8) is 0 Å². The Labute approximate surface area is 145 Å². The van der Waals surface area contributed by atoms with Crippen molar-refractivity contribution in [3.05, 3.63) is 23.3 Å². The van der Waals surface area contributed by atoms with E-state index in [2.05, 4.69) is 6.58 Å². The molecule has 25 heavy (non-hydrogen) atoms. The second-order valence-electron chi connectivity index (χ2n) is 6.81. The molecule has 136 valence electrons. The molecule has 0 spiro atoms. The molecule has 0 saturated heterocycles. The van der Waals surface area contributed by atoms with Gasteiger partial charge >= 0.3 is 17.9 Å². The molecule has 2 aliphatic carbocycles. The highest BCUT2D eigenvalue weighted by molar-refractivity contribution is 5.93. The minimum atomic E-state index is -0.655. The number of aliphatic hydroxyl groups is 1. The number of hydrogen-bond donors (Lipinski definition) is 1. The lowest BCUT2D eigenvalue weighted by Gasteiger charge is -2.46. The number of carbonyl (C=O) groups excluding carboxylic acids is 3. The minimum Gasteiger partial charge on any atom is -0.461 e. The molecular weight excluding hydrogens is 328 g/mol. The van der Waals surface area contributed by atoms with E-state index in [0.29, 0.717) is 30.4 Å². The molecule has 0 aromatic carbocycles. The van der Waals surface area contributed by atoms with E-state index in [1.165, 1.54) is 13.8 Å². The fourth-order valence-electron chi connectivity index (χ4n) is 4.18. The summed E-state index contributed by atoms with van der Waals surface area (Å²) in [6.07, 6.45) is -0.223. The summed E-state index contributed by atoms with van der Waals surface area (Å²) in [7, 11) is 0. The van der Waals surface area contributed by atoms with Gasteiger partial charge < -0.3 is 19.3 Å². The van der Waals surface area contributed by atoms with Crippen molar-refractivity contribution in [3.8, 4) is 0 Å². The maximum atomic E-state index is 12.2. The van der Waals surface area contributed by atoms with Gasteiger partial charge in [0.05, 0.1) is 11.7 Å². The molecule has 3 rings (SSSR count). The fourth-order valence-corrected chi connectivity index (χ4v) is 4.18. The fraction of sp³-hybridized carbons (Fsp3) is 0.611. The zero-order chi connectivity index (χ0) is 18.3. The minimum absolute atomic E-state index is 0.103. The van der Waals surface area contributed by atoms with Gasteiger partial charge in [-0.15, -0.1) is 0 Å². The molecule has 1 heterocycles. The zero-order valence-corrected chi connectivity index (χ0v) is 14.3. The molecule has 2 saturated carbocycles. The Balaban J connectivity index is 1.87. The standard InChI is InChI=1S/C18H22O7/c1-8-15(24-10(3)20)6-14(21)12-5-4-11-13(7-23-9(2)19)18(22)25-17(11)16(8)12/h12,14-17,21H,1,4-7H2,2-3H3. The van der Waals surface area contributed by atoms with E-state index in [-0.39, 0.29) is 18.4 Å². The van der Waals surface area contributed by atoms with Crippen molar-refractivity contribution in [2.75, 3.05) is 6.61 Å². The molecule has 7 heteroatoms. The Morgan fingerprint density at radius 3 is 2.68 bits per heavy atom. The van der Waals surface area contributed by atoms with Gasteiger partial charge in [0.2, 0.25) is 0 Å². The average molecular weight is 350 g/mol. The van der Waals surface area contributed by atoms with Crippen LogP contribution in [0.1, 0.15) is 33.1 Å². The van der Waals surface area contributed by atoms with Crippen molar-refractivity contribution in [1.29, 1.82) is 0 Å². The van der Waals surface area contributed by atoms with E-state index in [0.717, 1.165) is 5.57 Å². The Morgan fingerprint density at radius 1 is 1.32 bits per heavy atom. The van der Waals surface area contributed by atoms with E-state index < -0.39 is 36.2 Å². The quantitative estimate of drug-likeness (QED) is 0.461. The summed E-state index contributed by atoms with van der Waals surface area (Å²) in [4.78, 5) is 34.6. The molecule has 7 nitrogen and oxygen atoms in total. The second kappa shape index (κ2) is 6.63. The summed E-state index contributed by atoms with van der Waals surface area (Å²) in [5.41, 5.74) is 1.83. The topological polar surface area (TPSA) is 99.1 Å². The number of hydrogen-bond acceptors (Lipinski definition) is 7. The van der Waals surface area contributed by atoms with Crippen LogP contribution >= 0.6 is 0 Å². The SMILES string of the molecule is C=C1C(OC(C)=O)CC(O)C2CCC3=C(COC(C)=O)C(=O)OC3C12. The summed E-state index contributed by atoms with van der Waals surface area (Å²) >= 11 is 0. The number of carbonyl (C=O) groups is 3. The monoisotopic (exact) mass is 350 g/mol. The van der Waals surface area contributed by atoms with Crippen LogP contribution in [0.2, 0.25) is 0 Å². The summed E-state index contributed by atoms with van der Waals surface area (Å²) in [6.45, 7) is 6.54. The van der Waals surface area contributed by atoms with E-state index in [1.807, 2.05) is 0 Å². The maximum Gasteiger partial charge on any atom is 0.338 e. The normalized spacial score (nSPS) is 34.1. The summed E-state index contributed by atoms with van der Waals surface area (Å²) in [5.74, 6) is -1.82. The first kappa shape index (κ1) is 17.7. The van der Waals surface area contributed by atoms with E-state index in [9.17, 15) is 19.5 Å². The van der Waals surface area contributed by atoms with E-state index >= 15 is 0 Å². The third-order valence-electron chi connectivity index (χ3n) is 5.27. The van der Waals surface area contributed by atoms with Crippen molar-refractivity contribution in [2.24, 2.45) is 11.8 Å². The van der Waals surface area contributed by atoms with E-state index in [1.54, 1.807) is 0 Å². The van der Waals surface area contributed by atoms with Crippen LogP contribution in [0.3, 0.4) is 0 Å². The third-order valence-corrected chi connectivity index (χ3v) is 5.27. The van der Waals surface area contributed by atoms with Crippen LogP contribution in [-0.2, 0) is 28.6 Å². The Bertz CT molecular complexity index is 662. The number of esters is 3. The van der Waals surface area contributed by atoms with Crippen LogP contribution in [0.15, 0.2) is 23.3 Å². The molecule has 0 amide bonds. The van der Waals surface area contributed by atoms with Crippen LogP contribution in [0.5, 0.6) is 0 Å². The highest BCUT2D eigenvalue weighted by Gasteiger charge is 2.52.